The van der Waals surface area contributed by atoms with E-state index >= 15 is 0 Å². The predicted molar refractivity (Wildman–Crippen MR) is 75.1 cm³/mol. The molecular formula is C13H11ClN2O2S. The molecule has 4 nitrogen and oxygen atoms in total. The SMILES string of the molecule is CN(C(=O)[C@@H]1Cc2cc(Cl)ccc2O1)c1nccs1. The first-order chi connectivity index (χ1) is 9.15. The molecule has 1 aliphatic rings. The lowest BCUT2D eigenvalue weighted by atomic mass is 10.1. The van der Waals surface area contributed by atoms with E-state index in [0.717, 1.165) is 11.3 Å². The van der Waals surface area contributed by atoms with Crippen molar-refractivity contribution in [1.29, 1.82) is 0 Å². The van der Waals surface area contributed by atoms with Gasteiger partial charge in [0.2, 0.25) is 0 Å². The summed E-state index contributed by atoms with van der Waals surface area (Å²) in [6, 6.07) is 5.40. The van der Waals surface area contributed by atoms with Gasteiger partial charge in [-0.1, -0.05) is 11.6 Å². The van der Waals surface area contributed by atoms with Crippen LogP contribution >= 0.6 is 22.9 Å². The van der Waals surface area contributed by atoms with Gasteiger partial charge in [0.1, 0.15) is 5.75 Å². The Morgan fingerprint density at radius 2 is 2.42 bits per heavy atom. The van der Waals surface area contributed by atoms with Crippen LogP contribution in [0.2, 0.25) is 5.02 Å². The third-order valence-electron chi connectivity index (χ3n) is 3.01. The molecule has 3 rings (SSSR count). The van der Waals surface area contributed by atoms with E-state index < -0.39 is 6.10 Å². The van der Waals surface area contributed by atoms with E-state index in [1.807, 2.05) is 11.4 Å². The molecular weight excluding hydrogens is 284 g/mol. The summed E-state index contributed by atoms with van der Waals surface area (Å²) >= 11 is 7.36. The number of aromatic nitrogens is 1. The molecule has 0 fully saturated rings. The quantitative estimate of drug-likeness (QED) is 0.855. The van der Waals surface area contributed by atoms with Gasteiger partial charge >= 0.3 is 0 Å². The van der Waals surface area contributed by atoms with E-state index in [4.69, 9.17) is 16.3 Å². The molecule has 6 heteroatoms. The molecule has 1 aromatic carbocycles. The number of fused-ring (bicyclic) bond motifs is 1. The minimum Gasteiger partial charge on any atom is -0.480 e. The van der Waals surface area contributed by atoms with Crippen molar-refractivity contribution in [1.82, 2.24) is 4.98 Å². The van der Waals surface area contributed by atoms with Gasteiger partial charge in [-0.15, -0.1) is 11.3 Å². The highest BCUT2D eigenvalue weighted by Gasteiger charge is 2.32. The monoisotopic (exact) mass is 294 g/mol. The van der Waals surface area contributed by atoms with Gasteiger partial charge in [0, 0.05) is 30.1 Å². The van der Waals surface area contributed by atoms with Gasteiger partial charge in [0.25, 0.3) is 5.91 Å². The summed E-state index contributed by atoms with van der Waals surface area (Å²) in [6.07, 6.45) is 1.72. The number of hydrogen-bond acceptors (Lipinski definition) is 4. The number of thiazole rings is 1. The fraction of sp³-hybridized carbons (Fsp3) is 0.231. The molecule has 1 atom stereocenters. The Labute approximate surface area is 119 Å². The Morgan fingerprint density at radius 3 is 3.16 bits per heavy atom. The van der Waals surface area contributed by atoms with E-state index in [2.05, 4.69) is 4.98 Å². The van der Waals surface area contributed by atoms with Gasteiger partial charge in [-0.25, -0.2) is 4.98 Å². The van der Waals surface area contributed by atoms with Crippen LogP contribution in [0.15, 0.2) is 29.8 Å². The first-order valence-electron chi connectivity index (χ1n) is 5.77. The van der Waals surface area contributed by atoms with Crippen molar-refractivity contribution in [2.45, 2.75) is 12.5 Å². The molecule has 0 radical (unpaired) electrons. The number of halogens is 1. The van der Waals surface area contributed by atoms with Gasteiger partial charge < -0.3 is 4.74 Å². The molecule has 0 saturated heterocycles. The summed E-state index contributed by atoms with van der Waals surface area (Å²) in [7, 11) is 1.71. The number of ether oxygens (including phenoxy) is 1. The zero-order valence-electron chi connectivity index (χ0n) is 10.2. The Balaban J connectivity index is 1.77. The van der Waals surface area contributed by atoms with Gasteiger partial charge in [0.05, 0.1) is 0 Å². The summed E-state index contributed by atoms with van der Waals surface area (Å²) in [5.74, 6) is 0.637. The minimum absolute atomic E-state index is 0.0951. The van der Waals surface area contributed by atoms with E-state index in [1.165, 1.54) is 16.2 Å². The molecule has 19 heavy (non-hydrogen) atoms. The van der Waals surface area contributed by atoms with Crippen LogP contribution in [0.1, 0.15) is 5.56 Å². The van der Waals surface area contributed by atoms with Crippen molar-refractivity contribution < 1.29 is 9.53 Å². The number of carbonyl (C=O) groups is 1. The molecule has 0 bridgehead atoms. The molecule has 0 aliphatic carbocycles. The predicted octanol–water partition coefficient (Wildman–Crippen LogP) is 2.76. The Morgan fingerprint density at radius 1 is 1.58 bits per heavy atom. The second-order valence-electron chi connectivity index (χ2n) is 4.27. The van der Waals surface area contributed by atoms with Gasteiger partial charge in [-0.2, -0.15) is 0 Å². The fourth-order valence-corrected chi connectivity index (χ4v) is 2.85. The van der Waals surface area contributed by atoms with E-state index in [0.29, 0.717) is 16.6 Å². The zero-order chi connectivity index (χ0) is 13.4. The first-order valence-corrected chi connectivity index (χ1v) is 7.03. The summed E-state index contributed by atoms with van der Waals surface area (Å²) in [5.41, 5.74) is 0.971. The number of hydrogen-bond donors (Lipinski definition) is 0. The number of anilines is 1. The first kappa shape index (κ1) is 12.4. The molecule has 0 saturated carbocycles. The number of likely N-dealkylation sites (N-methyl/N-ethyl adjacent to an activating group) is 1. The summed E-state index contributed by atoms with van der Waals surface area (Å²) in [5, 5.41) is 3.16. The van der Waals surface area contributed by atoms with E-state index in [9.17, 15) is 4.79 Å². The van der Waals surface area contributed by atoms with Crippen LogP contribution in [0.3, 0.4) is 0 Å². The highest BCUT2D eigenvalue weighted by Crippen LogP contribution is 2.32. The van der Waals surface area contributed by atoms with Crippen molar-refractivity contribution in [2.75, 3.05) is 11.9 Å². The topological polar surface area (TPSA) is 42.4 Å². The van der Waals surface area contributed by atoms with Gasteiger partial charge in [-0.05, 0) is 23.8 Å². The van der Waals surface area contributed by atoms with Crippen molar-refractivity contribution in [3.63, 3.8) is 0 Å². The molecule has 0 unspecified atom stereocenters. The third kappa shape index (κ3) is 2.31. The smallest absolute Gasteiger partial charge is 0.269 e. The lowest BCUT2D eigenvalue weighted by molar-refractivity contribution is -0.124. The maximum atomic E-state index is 12.3. The van der Waals surface area contributed by atoms with Crippen LogP contribution in [0.25, 0.3) is 0 Å². The molecule has 2 aromatic rings. The van der Waals surface area contributed by atoms with Gasteiger partial charge in [0.15, 0.2) is 11.2 Å². The highest BCUT2D eigenvalue weighted by atomic mass is 35.5. The lowest BCUT2D eigenvalue weighted by Gasteiger charge is -2.18. The lowest BCUT2D eigenvalue weighted by Crippen LogP contribution is -2.38. The third-order valence-corrected chi connectivity index (χ3v) is 4.09. The normalized spacial score (nSPS) is 16.8. The largest absolute Gasteiger partial charge is 0.480 e. The highest BCUT2D eigenvalue weighted by molar-refractivity contribution is 7.13. The molecule has 98 valence electrons. The number of rotatable bonds is 2. The minimum atomic E-state index is -0.498. The van der Waals surface area contributed by atoms with Crippen molar-refractivity contribution >= 4 is 34.0 Å². The van der Waals surface area contributed by atoms with Crippen molar-refractivity contribution in [2.24, 2.45) is 0 Å². The average Bonchev–Trinajstić information content (AvgIpc) is 3.05. The van der Waals surface area contributed by atoms with Crippen LogP contribution in [0, 0.1) is 0 Å². The molecule has 1 aliphatic heterocycles. The summed E-state index contributed by atoms with van der Waals surface area (Å²) in [4.78, 5) is 18.0. The zero-order valence-corrected chi connectivity index (χ0v) is 11.7. The fourth-order valence-electron chi connectivity index (χ4n) is 2.05. The standard InChI is InChI=1S/C13H11ClN2O2S/c1-16(13-15-4-5-19-13)12(17)11-7-8-6-9(14)2-3-10(8)18-11/h2-6,11H,7H2,1H3/t11-/m0/s1. The van der Waals surface area contributed by atoms with E-state index in [-0.39, 0.29) is 5.91 Å². The molecule has 0 N–H and O–H groups in total. The van der Waals surface area contributed by atoms with Gasteiger partial charge in [-0.3, -0.25) is 9.69 Å². The molecule has 2 heterocycles. The summed E-state index contributed by atoms with van der Waals surface area (Å²) < 4.78 is 5.67. The molecule has 1 aromatic heterocycles. The van der Waals surface area contributed by atoms with Crippen LogP contribution in [0.4, 0.5) is 5.13 Å². The van der Waals surface area contributed by atoms with Crippen LogP contribution in [-0.2, 0) is 11.2 Å². The maximum absolute atomic E-state index is 12.3. The van der Waals surface area contributed by atoms with Crippen LogP contribution in [0.5, 0.6) is 5.75 Å². The summed E-state index contributed by atoms with van der Waals surface area (Å²) in [6.45, 7) is 0. The molecule has 0 spiro atoms. The average molecular weight is 295 g/mol. The molecule has 1 amide bonds. The van der Waals surface area contributed by atoms with E-state index in [1.54, 1.807) is 25.4 Å². The van der Waals surface area contributed by atoms with Crippen molar-refractivity contribution in [3.05, 3.63) is 40.4 Å². The maximum Gasteiger partial charge on any atom is 0.269 e. The number of benzene rings is 1. The van der Waals surface area contributed by atoms with Crippen molar-refractivity contribution in [3.8, 4) is 5.75 Å². The number of nitrogens with zero attached hydrogens (tertiary/aromatic N) is 2. The van der Waals surface area contributed by atoms with Crippen LogP contribution < -0.4 is 9.64 Å². The second kappa shape index (κ2) is 4.83. The Bertz CT molecular complexity index is 615. The van der Waals surface area contributed by atoms with Crippen LogP contribution in [-0.4, -0.2) is 24.0 Å². The number of amides is 1. The second-order valence-corrected chi connectivity index (χ2v) is 5.58. The Kier molecular flexibility index (Phi) is 3.16. The Hall–Kier alpha value is -1.59. The number of carbonyl (C=O) groups excluding carboxylic acids is 1.